The van der Waals surface area contributed by atoms with Crippen molar-refractivity contribution >= 4 is 40.5 Å². The maximum atomic E-state index is 14.8. The first kappa shape index (κ1) is 31.6. The highest BCUT2D eigenvalue weighted by Gasteiger charge is 2.63. The van der Waals surface area contributed by atoms with Gasteiger partial charge in [0.25, 0.3) is 5.91 Å². The molecule has 2 aromatic heterocycles. The number of methoxy groups -OCH3 is 2. The van der Waals surface area contributed by atoms with Crippen LogP contribution in [-0.4, -0.2) is 58.1 Å². The first-order valence-corrected chi connectivity index (χ1v) is 15.4. The monoisotopic (exact) mass is 613 g/mol. The molecule has 1 saturated heterocycles. The lowest BCUT2D eigenvalue weighted by Crippen LogP contribution is -2.57. The Balaban J connectivity index is 1.99. The van der Waals surface area contributed by atoms with Gasteiger partial charge < -0.3 is 19.1 Å². The average Bonchev–Trinajstić information content (AvgIpc) is 3.65. The summed E-state index contributed by atoms with van der Waals surface area (Å²) in [7, 11) is 2.87. The fourth-order valence-corrected chi connectivity index (χ4v) is 7.11. The van der Waals surface area contributed by atoms with Crippen LogP contribution >= 0.6 is 22.7 Å². The van der Waals surface area contributed by atoms with Crippen LogP contribution in [0.2, 0.25) is 0 Å². The van der Waals surface area contributed by atoms with Crippen LogP contribution in [-0.2, 0) is 30.9 Å². The molecule has 0 radical (unpaired) electrons. The molecule has 226 valence electrons. The van der Waals surface area contributed by atoms with Gasteiger partial charge in [-0.05, 0) is 57.2 Å². The summed E-state index contributed by atoms with van der Waals surface area (Å²) < 4.78 is 17.0. The predicted molar refractivity (Wildman–Crippen MR) is 162 cm³/mol. The number of likely N-dealkylation sites (tertiary alicyclic amines) is 1. The van der Waals surface area contributed by atoms with Crippen molar-refractivity contribution in [2.45, 2.75) is 83.9 Å². The lowest BCUT2D eigenvalue weighted by molar-refractivity contribution is -0.167. The van der Waals surface area contributed by atoms with Crippen molar-refractivity contribution in [2.75, 3.05) is 14.2 Å². The van der Waals surface area contributed by atoms with Gasteiger partial charge in [-0.1, -0.05) is 26.8 Å². The number of aryl methyl sites for hydroxylation is 1. The number of carbonyl (C=O) groups excluding carboxylic acids is 3. The fourth-order valence-electron chi connectivity index (χ4n) is 5.45. The Labute approximate surface area is 255 Å². The van der Waals surface area contributed by atoms with Gasteiger partial charge in [-0.25, -0.2) is 14.8 Å². The number of esters is 2. The lowest BCUT2D eigenvalue weighted by Gasteiger charge is -2.40. The first-order chi connectivity index (χ1) is 19.6. The molecule has 0 unspecified atom stereocenters. The molecule has 4 rings (SSSR count). The van der Waals surface area contributed by atoms with E-state index >= 15 is 0 Å². The van der Waals surface area contributed by atoms with E-state index < -0.39 is 40.9 Å². The Kier molecular flexibility index (Phi) is 8.85. The largest absolute Gasteiger partial charge is 0.496 e. The van der Waals surface area contributed by atoms with Gasteiger partial charge in [0.2, 0.25) is 0 Å². The number of carbonyl (C=O) groups is 3. The van der Waals surface area contributed by atoms with E-state index in [1.54, 1.807) is 52.4 Å². The highest BCUT2D eigenvalue weighted by Crippen LogP contribution is 2.51. The molecule has 0 spiro atoms. The summed E-state index contributed by atoms with van der Waals surface area (Å²) in [5.41, 5.74) is -1.40. The molecule has 0 bridgehead atoms. The van der Waals surface area contributed by atoms with Gasteiger partial charge >= 0.3 is 11.9 Å². The Morgan fingerprint density at radius 1 is 1.10 bits per heavy atom. The van der Waals surface area contributed by atoms with Gasteiger partial charge in [-0.3, -0.25) is 9.59 Å². The second-order valence-corrected chi connectivity index (χ2v) is 14.8. The molecule has 1 aliphatic rings. The van der Waals surface area contributed by atoms with Crippen LogP contribution in [0, 0.1) is 12.8 Å². The molecular formula is C31H39N3O6S2. The summed E-state index contributed by atoms with van der Waals surface area (Å²) in [5.74, 6) is -1.90. The Morgan fingerprint density at radius 2 is 1.81 bits per heavy atom. The molecule has 9 nitrogen and oxygen atoms in total. The SMILES string of the molecule is COC(=O)[C@H]1C[C@@](Cc2nccs2)(C(=O)OC(C)(C)C)N(C(=O)c2ccc(C(C)(C)C)c(OC)c2)[C@H]1c1ncc(C)s1. The quantitative estimate of drug-likeness (QED) is 0.303. The first-order valence-electron chi connectivity index (χ1n) is 13.8. The van der Waals surface area contributed by atoms with Gasteiger partial charge in [0.05, 0.1) is 31.2 Å². The van der Waals surface area contributed by atoms with Crippen LogP contribution in [0.25, 0.3) is 0 Å². The summed E-state index contributed by atoms with van der Waals surface area (Å²) >= 11 is 2.75. The van der Waals surface area contributed by atoms with E-state index in [1.807, 2.05) is 18.4 Å². The van der Waals surface area contributed by atoms with Crippen LogP contribution in [0.5, 0.6) is 5.75 Å². The number of hydrogen-bond donors (Lipinski definition) is 0. The fraction of sp³-hybridized carbons (Fsp3) is 0.516. The zero-order valence-corrected chi connectivity index (χ0v) is 27.3. The summed E-state index contributed by atoms with van der Waals surface area (Å²) in [6, 6.07) is 4.44. The topological polar surface area (TPSA) is 108 Å². The molecule has 3 heterocycles. The molecule has 42 heavy (non-hydrogen) atoms. The van der Waals surface area contributed by atoms with E-state index in [2.05, 4.69) is 30.7 Å². The van der Waals surface area contributed by atoms with Crippen LogP contribution < -0.4 is 4.74 Å². The molecule has 0 aliphatic carbocycles. The van der Waals surface area contributed by atoms with Crippen molar-refractivity contribution in [1.29, 1.82) is 0 Å². The highest BCUT2D eigenvalue weighted by atomic mass is 32.1. The summed E-state index contributed by atoms with van der Waals surface area (Å²) in [4.78, 5) is 54.0. The summed E-state index contributed by atoms with van der Waals surface area (Å²) in [6.07, 6.45) is 3.41. The second-order valence-electron chi connectivity index (χ2n) is 12.6. The number of nitrogens with zero attached hydrogens (tertiary/aromatic N) is 3. The molecule has 0 N–H and O–H groups in total. The standard InChI is InChI=1S/C31H39N3O6S2/c1-18-17-33-25(42-18)24-20(27(36)39-9)15-31(16-23-32-12-13-41-23,28(37)40-30(5,6)7)34(24)26(35)19-10-11-21(29(2,3)4)22(14-19)38-8/h10-14,17,20,24H,15-16H2,1-9H3/t20-,24+,31+/m0/s1. The molecular weight excluding hydrogens is 574 g/mol. The predicted octanol–water partition coefficient (Wildman–Crippen LogP) is 5.91. The van der Waals surface area contributed by atoms with E-state index in [0.29, 0.717) is 21.3 Å². The maximum Gasteiger partial charge on any atom is 0.333 e. The highest BCUT2D eigenvalue weighted by molar-refractivity contribution is 7.11. The minimum Gasteiger partial charge on any atom is -0.496 e. The van der Waals surface area contributed by atoms with Crippen molar-refractivity contribution in [3.8, 4) is 5.75 Å². The molecule has 11 heteroatoms. The van der Waals surface area contributed by atoms with Gasteiger partial charge in [-0.2, -0.15) is 0 Å². The summed E-state index contributed by atoms with van der Waals surface area (Å²) in [6.45, 7) is 13.4. The Bertz CT molecular complexity index is 1450. The second kappa shape index (κ2) is 11.8. The number of hydrogen-bond acceptors (Lipinski definition) is 10. The molecule has 1 amide bonds. The van der Waals surface area contributed by atoms with Gasteiger partial charge in [-0.15, -0.1) is 22.7 Å². The smallest absolute Gasteiger partial charge is 0.333 e. The third-order valence-corrected chi connectivity index (χ3v) is 9.02. The van der Waals surface area contributed by atoms with Gasteiger partial charge in [0.1, 0.15) is 21.9 Å². The van der Waals surface area contributed by atoms with Crippen molar-refractivity contribution in [2.24, 2.45) is 5.92 Å². The van der Waals surface area contributed by atoms with Crippen LogP contribution in [0.1, 0.15) is 84.8 Å². The third kappa shape index (κ3) is 6.22. The number of thiazole rings is 2. The Hall–Kier alpha value is -3.31. The lowest BCUT2D eigenvalue weighted by atomic mass is 9.85. The maximum absolute atomic E-state index is 14.8. The zero-order valence-electron chi connectivity index (χ0n) is 25.6. The number of rotatable bonds is 7. The molecule has 3 aromatic rings. The average molecular weight is 614 g/mol. The van der Waals surface area contributed by atoms with Crippen molar-refractivity contribution in [3.05, 3.63) is 62.0 Å². The molecule has 1 fully saturated rings. The molecule has 3 atom stereocenters. The number of amides is 1. The van der Waals surface area contributed by atoms with Crippen LogP contribution in [0.4, 0.5) is 0 Å². The number of aromatic nitrogens is 2. The minimum absolute atomic E-state index is 0.0135. The Morgan fingerprint density at radius 3 is 2.33 bits per heavy atom. The molecule has 1 aliphatic heterocycles. The van der Waals surface area contributed by atoms with Crippen molar-refractivity contribution in [1.82, 2.24) is 14.9 Å². The number of ether oxygens (including phenoxy) is 3. The van der Waals surface area contributed by atoms with Crippen molar-refractivity contribution in [3.63, 3.8) is 0 Å². The van der Waals surface area contributed by atoms with Crippen LogP contribution in [0.3, 0.4) is 0 Å². The van der Waals surface area contributed by atoms with E-state index in [9.17, 15) is 14.4 Å². The normalized spacial score (nSPS) is 20.8. The van der Waals surface area contributed by atoms with E-state index in [-0.39, 0.29) is 18.3 Å². The van der Waals surface area contributed by atoms with Crippen LogP contribution in [0.15, 0.2) is 36.0 Å². The van der Waals surface area contributed by atoms with Gasteiger partial charge in [0.15, 0.2) is 0 Å². The summed E-state index contributed by atoms with van der Waals surface area (Å²) in [5, 5.41) is 2.99. The van der Waals surface area contributed by atoms with E-state index in [1.165, 1.54) is 34.7 Å². The zero-order chi connectivity index (χ0) is 31.0. The van der Waals surface area contributed by atoms with Gasteiger partial charge in [0, 0.05) is 34.6 Å². The van der Waals surface area contributed by atoms with Crippen molar-refractivity contribution < 1.29 is 28.6 Å². The van der Waals surface area contributed by atoms with E-state index in [0.717, 1.165) is 10.4 Å². The third-order valence-electron chi connectivity index (χ3n) is 7.26. The minimum atomic E-state index is -1.57. The van der Waals surface area contributed by atoms with E-state index in [4.69, 9.17) is 14.2 Å². The molecule has 1 aromatic carbocycles. The molecule has 0 saturated carbocycles. The number of benzene rings is 1.